The zero-order chi connectivity index (χ0) is 15.0. The predicted octanol–water partition coefficient (Wildman–Crippen LogP) is 1.22. The van der Waals surface area contributed by atoms with Crippen molar-refractivity contribution in [1.29, 1.82) is 0 Å². The molecule has 5 heteroatoms. The SMILES string of the molecule is Cc1ccc(CCC(=O)N(CCO)CCC(=O)O)cc1. The van der Waals surface area contributed by atoms with E-state index < -0.39 is 5.97 Å². The number of aliphatic hydroxyl groups excluding tert-OH is 1. The molecule has 0 unspecified atom stereocenters. The molecule has 0 bridgehead atoms. The highest BCUT2D eigenvalue weighted by Gasteiger charge is 2.14. The fraction of sp³-hybridized carbons (Fsp3) is 0.467. The number of carboxylic acid groups (broad SMARTS) is 1. The summed E-state index contributed by atoms with van der Waals surface area (Å²) in [5.74, 6) is -1.07. The minimum Gasteiger partial charge on any atom is -0.481 e. The van der Waals surface area contributed by atoms with E-state index in [2.05, 4.69) is 0 Å². The second kappa shape index (κ2) is 8.32. The largest absolute Gasteiger partial charge is 0.481 e. The number of carbonyl (C=O) groups is 2. The molecule has 1 aromatic carbocycles. The lowest BCUT2D eigenvalue weighted by Gasteiger charge is -2.21. The second-order valence-corrected chi connectivity index (χ2v) is 4.73. The van der Waals surface area contributed by atoms with Gasteiger partial charge in [0.2, 0.25) is 5.91 Å². The van der Waals surface area contributed by atoms with Crippen LogP contribution >= 0.6 is 0 Å². The van der Waals surface area contributed by atoms with Crippen LogP contribution in [0.2, 0.25) is 0 Å². The van der Waals surface area contributed by atoms with Crippen LogP contribution in [-0.2, 0) is 16.0 Å². The van der Waals surface area contributed by atoms with Crippen LogP contribution in [0.3, 0.4) is 0 Å². The second-order valence-electron chi connectivity index (χ2n) is 4.73. The highest BCUT2D eigenvalue weighted by molar-refractivity contribution is 5.77. The average Bonchev–Trinajstić information content (AvgIpc) is 2.42. The Morgan fingerprint density at radius 1 is 1.10 bits per heavy atom. The van der Waals surface area contributed by atoms with Crippen LogP contribution in [0, 0.1) is 6.92 Å². The first-order valence-corrected chi connectivity index (χ1v) is 6.69. The fourth-order valence-electron chi connectivity index (χ4n) is 1.88. The molecule has 1 amide bonds. The predicted molar refractivity (Wildman–Crippen MR) is 75.4 cm³/mol. The van der Waals surface area contributed by atoms with Gasteiger partial charge in [0.05, 0.1) is 13.0 Å². The average molecular weight is 279 g/mol. The van der Waals surface area contributed by atoms with Gasteiger partial charge >= 0.3 is 5.97 Å². The lowest BCUT2D eigenvalue weighted by Crippen LogP contribution is -2.35. The summed E-state index contributed by atoms with van der Waals surface area (Å²) in [5, 5.41) is 17.6. The highest BCUT2D eigenvalue weighted by Crippen LogP contribution is 2.07. The molecule has 0 saturated heterocycles. The van der Waals surface area contributed by atoms with Crippen LogP contribution in [0.4, 0.5) is 0 Å². The van der Waals surface area contributed by atoms with Gasteiger partial charge in [-0.2, -0.15) is 0 Å². The molecule has 0 aromatic heterocycles. The van der Waals surface area contributed by atoms with Crippen molar-refractivity contribution in [2.24, 2.45) is 0 Å². The number of nitrogens with zero attached hydrogens (tertiary/aromatic N) is 1. The molecule has 5 nitrogen and oxygen atoms in total. The Bertz CT molecular complexity index is 442. The molecule has 1 rings (SSSR count). The lowest BCUT2D eigenvalue weighted by atomic mass is 10.1. The van der Waals surface area contributed by atoms with Crippen LogP contribution in [0.15, 0.2) is 24.3 Å². The third-order valence-corrected chi connectivity index (χ3v) is 3.07. The molecule has 0 saturated carbocycles. The van der Waals surface area contributed by atoms with E-state index in [1.807, 2.05) is 31.2 Å². The van der Waals surface area contributed by atoms with Crippen LogP contribution < -0.4 is 0 Å². The van der Waals surface area contributed by atoms with Crippen molar-refractivity contribution in [3.05, 3.63) is 35.4 Å². The first kappa shape index (κ1) is 16.2. The van der Waals surface area contributed by atoms with Crippen molar-refractivity contribution in [3.8, 4) is 0 Å². The molecule has 0 aliphatic rings. The summed E-state index contributed by atoms with van der Waals surface area (Å²) >= 11 is 0. The number of aliphatic hydroxyl groups is 1. The Hall–Kier alpha value is -1.88. The number of rotatable bonds is 8. The van der Waals surface area contributed by atoms with Crippen molar-refractivity contribution >= 4 is 11.9 Å². The topological polar surface area (TPSA) is 77.8 Å². The van der Waals surface area contributed by atoms with Gasteiger partial charge in [0, 0.05) is 19.5 Å². The van der Waals surface area contributed by atoms with Gasteiger partial charge in [-0.1, -0.05) is 29.8 Å². The molecule has 110 valence electrons. The van der Waals surface area contributed by atoms with E-state index in [-0.39, 0.29) is 32.0 Å². The summed E-state index contributed by atoms with van der Waals surface area (Å²) in [4.78, 5) is 24.0. The Kier molecular flexibility index (Phi) is 6.73. The van der Waals surface area contributed by atoms with E-state index in [1.54, 1.807) is 0 Å². The van der Waals surface area contributed by atoms with Crippen LogP contribution in [0.1, 0.15) is 24.0 Å². The number of aliphatic carboxylic acids is 1. The maximum Gasteiger partial charge on any atom is 0.305 e. The maximum absolute atomic E-state index is 12.0. The van der Waals surface area contributed by atoms with Crippen LogP contribution in [-0.4, -0.2) is 46.7 Å². The number of hydrogen-bond donors (Lipinski definition) is 2. The summed E-state index contributed by atoms with van der Waals surface area (Å²) in [6, 6.07) is 7.96. The lowest BCUT2D eigenvalue weighted by molar-refractivity contribution is -0.138. The zero-order valence-electron chi connectivity index (χ0n) is 11.7. The normalized spacial score (nSPS) is 10.3. The minimum absolute atomic E-state index is 0.101. The number of carboxylic acids is 1. The number of carbonyl (C=O) groups excluding carboxylic acids is 1. The molecule has 1 aromatic rings. The Morgan fingerprint density at radius 2 is 1.75 bits per heavy atom. The Balaban J connectivity index is 2.48. The molecule has 20 heavy (non-hydrogen) atoms. The molecule has 0 radical (unpaired) electrons. The molecule has 0 fully saturated rings. The van der Waals surface area contributed by atoms with E-state index in [4.69, 9.17) is 10.2 Å². The third-order valence-electron chi connectivity index (χ3n) is 3.07. The van der Waals surface area contributed by atoms with Gasteiger partial charge in [0.1, 0.15) is 0 Å². The molecule has 2 N–H and O–H groups in total. The fourth-order valence-corrected chi connectivity index (χ4v) is 1.88. The molecule has 0 aliphatic heterocycles. The first-order valence-electron chi connectivity index (χ1n) is 6.69. The van der Waals surface area contributed by atoms with Gasteiger partial charge in [-0.3, -0.25) is 9.59 Å². The van der Waals surface area contributed by atoms with Crippen LogP contribution in [0.25, 0.3) is 0 Å². The summed E-state index contributed by atoms with van der Waals surface area (Å²) in [6.07, 6.45) is 0.840. The zero-order valence-corrected chi connectivity index (χ0v) is 11.7. The number of hydrogen-bond acceptors (Lipinski definition) is 3. The van der Waals surface area contributed by atoms with Crippen molar-refractivity contribution < 1.29 is 19.8 Å². The first-order chi connectivity index (χ1) is 9.52. The van der Waals surface area contributed by atoms with Crippen molar-refractivity contribution in [2.75, 3.05) is 19.7 Å². The van der Waals surface area contributed by atoms with E-state index in [1.165, 1.54) is 10.5 Å². The monoisotopic (exact) mass is 279 g/mol. The van der Waals surface area contributed by atoms with Gasteiger partial charge in [0.25, 0.3) is 0 Å². The Morgan fingerprint density at radius 3 is 2.30 bits per heavy atom. The summed E-state index contributed by atoms with van der Waals surface area (Å²) in [5.41, 5.74) is 2.24. The summed E-state index contributed by atoms with van der Waals surface area (Å²) in [7, 11) is 0. The van der Waals surface area contributed by atoms with Crippen LogP contribution in [0.5, 0.6) is 0 Å². The minimum atomic E-state index is -0.945. The summed E-state index contributed by atoms with van der Waals surface area (Å²) in [6.45, 7) is 2.17. The number of benzene rings is 1. The van der Waals surface area contributed by atoms with Crippen molar-refractivity contribution in [3.63, 3.8) is 0 Å². The smallest absolute Gasteiger partial charge is 0.305 e. The quantitative estimate of drug-likeness (QED) is 0.750. The maximum atomic E-state index is 12.0. The van der Waals surface area contributed by atoms with Gasteiger partial charge < -0.3 is 15.1 Å². The number of amides is 1. The highest BCUT2D eigenvalue weighted by atomic mass is 16.4. The van der Waals surface area contributed by atoms with Crippen molar-refractivity contribution in [2.45, 2.75) is 26.2 Å². The van der Waals surface area contributed by atoms with Gasteiger partial charge in [0.15, 0.2) is 0 Å². The molecular weight excluding hydrogens is 258 g/mol. The van der Waals surface area contributed by atoms with Crippen molar-refractivity contribution in [1.82, 2.24) is 4.90 Å². The van der Waals surface area contributed by atoms with Gasteiger partial charge in [-0.05, 0) is 18.9 Å². The third kappa shape index (κ3) is 5.84. The van der Waals surface area contributed by atoms with Gasteiger partial charge in [-0.15, -0.1) is 0 Å². The van der Waals surface area contributed by atoms with E-state index in [0.29, 0.717) is 12.8 Å². The Labute approximate surface area is 118 Å². The summed E-state index contributed by atoms with van der Waals surface area (Å²) < 4.78 is 0. The standard InChI is InChI=1S/C15H21NO4/c1-12-2-4-13(5-3-12)6-7-14(18)16(10-11-17)9-8-15(19)20/h2-5,17H,6-11H2,1H3,(H,19,20). The van der Waals surface area contributed by atoms with E-state index in [0.717, 1.165) is 5.56 Å². The number of aryl methyl sites for hydroxylation is 2. The van der Waals surface area contributed by atoms with E-state index >= 15 is 0 Å². The van der Waals surface area contributed by atoms with E-state index in [9.17, 15) is 9.59 Å². The molecule has 0 heterocycles. The molecular formula is C15H21NO4. The van der Waals surface area contributed by atoms with Gasteiger partial charge in [-0.25, -0.2) is 0 Å². The molecule has 0 aliphatic carbocycles. The molecule has 0 atom stereocenters. The molecule has 0 spiro atoms.